The minimum Gasteiger partial charge on any atom is -0.343 e. The molecular formula is C21H24ClN3. The highest BCUT2D eigenvalue weighted by Crippen LogP contribution is 2.34. The molecule has 1 aromatic carbocycles. The van der Waals surface area contributed by atoms with Crippen LogP contribution in [0.1, 0.15) is 29.4 Å². The van der Waals surface area contributed by atoms with Gasteiger partial charge in [-0.05, 0) is 69.1 Å². The van der Waals surface area contributed by atoms with E-state index in [2.05, 4.69) is 52.7 Å². The zero-order valence-electron chi connectivity index (χ0n) is 15.1. The Bertz CT molecular complexity index is 911. The third-order valence-electron chi connectivity index (χ3n) is 5.50. The normalized spacial score (nSPS) is 17.8. The van der Waals surface area contributed by atoms with Crippen LogP contribution in [0.5, 0.6) is 0 Å². The Morgan fingerprint density at radius 3 is 2.84 bits per heavy atom. The molecule has 130 valence electrons. The average Bonchev–Trinajstić information content (AvgIpc) is 2.87. The smallest absolute Gasteiger partial charge is 0.0486 e. The van der Waals surface area contributed by atoms with Crippen molar-refractivity contribution in [2.75, 3.05) is 7.05 Å². The van der Waals surface area contributed by atoms with Crippen molar-refractivity contribution in [1.29, 1.82) is 0 Å². The van der Waals surface area contributed by atoms with Crippen LogP contribution in [0.2, 0.25) is 5.02 Å². The van der Waals surface area contributed by atoms with Crippen LogP contribution in [0, 0.1) is 6.92 Å². The van der Waals surface area contributed by atoms with E-state index in [1.807, 2.05) is 19.2 Å². The first-order chi connectivity index (χ1) is 12.0. The summed E-state index contributed by atoms with van der Waals surface area (Å²) < 4.78 is 2.49. The van der Waals surface area contributed by atoms with Crippen LogP contribution in [-0.2, 0) is 25.9 Å². The highest BCUT2D eigenvalue weighted by atomic mass is 35.5. The molecule has 3 nitrogen and oxygen atoms in total. The first-order valence-corrected chi connectivity index (χ1v) is 9.32. The Balaban J connectivity index is 1.74. The van der Waals surface area contributed by atoms with Gasteiger partial charge in [0.05, 0.1) is 0 Å². The number of benzene rings is 1. The first kappa shape index (κ1) is 16.6. The monoisotopic (exact) mass is 353 g/mol. The van der Waals surface area contributed by atoms with Crippen molar-refractivity contribution in [3.63, 3.8) is 0 Å². The zero-order chi connectivity index (χ0) is 17.6. The minimum absolute atomic E-state index is 0.562. The molecule has 0 fully saturated rings. The Morgan fingerprint density at radius 1 is 1.24 bits per heavy atom. The van der Waals surface area contributed by atoms with Gasteiger partial charge in [0, 0.05) is 52.6 Å². The van der Waals surface area contributed by atoms with Crippen LogP contribution in [0.3, 0.4) is 0 Å². The second-order valence-corrected chi connectivity index (χ2v) is 7.70. The highest BCUT2D eigenvalue weighted by molar-refractivity contribution is 6.31. The summed E-state index contributed by atoms with van der Waals surface area (Å²) in [5.41, 5.74) is 6.57. The molecule has 0 saturated heterocycles. The molecule has 0 spiro atoms. The van der Waals surface area contributed by atoms with E-state index >= 15 is 0 Å². The number of fused-ring (bicyclic) bond motifs is 3. The fraction of sp³-hybridized carbons (Fsp3) is 0.381. The van der Waals surface area contributed by atoms with Crippen LogP contribution in [0.15, 0.2) is 36.5 Å². The molecule has 1 aliphatic heterocycles. The quantitative estimate of drug-likeness (QED) is 0.685. The maximum atomic E-state index is 6.30. The van der Waals surface area contributed by atoms with Gasteiger partial charge in [0.25, 0.3) is 0 Å². The molecule has 4 rings (SSSR count). The molecule has 1 unspecified atom stereocenters. The van der Waals surface area contributed by atoms with Crippen LogP contribution in [0.4, 0.5) is 0 Å². The summed E-state index contributed by atoms with van der Waals surface area (Å²) in [6.45, 7) is 6.30. The van der Waals surface area contributed by atoms with Crippen molar-refractivity contribution in [2.45, 2.75) is 45.8 Å². The lowest BCUT2D eigenvalue weighted by molar-refractivity contribution is 0.225. The summed E-state index contributed by atoms with van der Waals surface area (Å²) in [6, 6.07) is 11.2. The van der Waals surface area contributed by atoms with Crippen molar-refractivity contribution in [1.82, 2.24) is 14.5 Å². The van der Waals surface area contributed by atoms with Gasteiger partial charge < -0.3 is 4.57 Å². The molecule has 4 heteroatoms. The van der Waals surface area contributed by atoms with Gasteiger partial charge in [-0.3, -0.25) is 9.88 Å². The van der Waals surface area contributed by atoms with Crippen LogP contribution < -0.4 is 0 Å². The Kier molecular flexibility index (Phi) is 4.30. The molecule has 0 bridgehead atoms. The lowest BCUT2D eigenvalue weighted by Gasteiger charge is -2.31. The number of halogens is 1. The van der Waals surface area contributed by atoms with Crippen molar-refractivity contribution < 1.29 is 0 Å². The number of rotatable bonds is 3. The van der Waals surface area contributed by atoms with Crippen molar-refractivity contribution in [3.8, 4) is 0 Å². The van der Waals surface area contributed by atoms with E-state index in [-0.39, 0.29) is 0 Å². The van der Waals surface area contributed by atoms with Crippen molar-refractivity contribution in [3.05, 3.63) is 64.1 Å². The van der Waals surface area contributed by atoms with Gasteiger partial charge in [0.1, 0.15) is 0 Å². The molecule has 3 heterocycles. The Hall–Kier alpha value is -1.84. The topological polar surface area (TPSA) is 21.1 Å². The van der Waals surface area contributed by atoms with Gasteiger partial charge >= 0.3 is 0 Å². The molecule has 0 amide bonds. The predicted molar refractivity (Wildman–Crippen MR) is 104 cm³/mol. The van der Waals surface area contributed by atoms with E-state index in [9.17, 15) is 0 Å². The summed E-state index contributed by atoms with van der Waals surface area (Å²) in [4.78, 5) is 6.86. The molecule has 0 radical (unpaired) electrons. The lowest BCUT2D eigenvalue weighted by Crippen LogP contribution is -2.35. The van der Waals surface area contributed by atoms with Gasteiger partial charge in [-0.25, -0.2) is 0 Å². The van der Waals surface area contributed by atoms with Crippen LogP contribution in [-0.4, -0.2) is 27.5 Å². The van der Waals surface area contributed by atoms with E-state index in [4.69, 9.17) is 11.6 Å². The predicted octanol–water partition coefficient (Wildman–Crippen LogP) is 4.62. The van der Waals surface area contributed by atoms with Gasteiger partial charge in [-0.15, -0.1) is 0 Å². The van der Waals surface area contributed by atoms with Crippen LogP contribution >= 0.6 is 11.6 Å². The number of nitrogens with zero attached hydrogens (tertiary/aromatic N) is 3. The molecule has 1 aliphatic rings. The van der Waals surface area contributed by atoms with Crippen molar-refractivity contribution >= 4 is 22.5 Å². The third kappa shape index (κ3) is 3.07. The van der Waals surface area contributed by atoms with Gasteiger partial charge in [-0.1, -0.05) is 17.7 Å². The number of likely N-dealkylation sites (N-methyl/N-ethyl adjacent to an activating group) is 1. The maximum absolute atomic E-state index is 6.30. The molecule has 1 atom stereocenters. The minimum atomic E-state index is 0.562. The van der Waals surface area contributed by atoms with E-state index in [1.165, 1.54) is 27.7 Å². The molecular weight excluding hydrogens is 330 g/mol. The molecule has 0 N–H and O–H groups in total. The number of pyridine rings is 1. The summed E-state index contributed by atoms with van der Waals surface area (Å²) in [7, 11) is 2.21. The highest BCUT2D eigenvalue weighted by Gasteiger charge is 2.26. The fourth-order valence-electron chi connectivity index (χ4n) is 3.84. The van der Waals surface area contributed by atoms with E-state index < -0.39 is 0 Å². The Morgan fingerprint density at radius 2 is 2.08 bits per heavy atom. The second-order valence-electron chi connectivity index (χ2n) is 7.26. The van der Waals surface area contributed by atoms with Gasteiger partial charge in [0.15, 0.2) is 0 Å². The average molecular weight is 354 g/mol. The Labute approximate surface area is 154 Å². The number of aryl methyl sites for hydroxylation is 3. The second kappa shape index (κ2) is 6.47. The molecule has 0 saturated carbocycles. The van der Waals surface area contributed by atoms with E-state index in [0.29, 0.717) is 6.04 Å². The SMILES string of the molecule is Cc1ccc(CCn2c3c(c4cc(Cl)ccc42)CC(C)N(C)C3)cn1. The van der Waals surface area contributed by atoms with Gasteiger partial charge in [0.2, 0.25) is 0 Å². The fourth-order valence-corrected chi connectivity index (χ4v) is 4.02. The number of hydrogen-bond acceptors (Lipinski definition) is 2. The molecule has 25 heavy (non-hydrogen) atoms. The molecule has 3 aromatic rings. The summed E-state index contributed by atoms with van der Waals surface area (Å²) in [5, 5.41) is 2.14. The third-order valence-corrected chi connectivity index (χ3v) is 5.73. The number of hydrogen-bond donors (Lipinski definition) is 0. The van der Waals surface area contributed by atoms with E-state index in [0.717, 1.165) is 36.6 Å². The maximum Gasteiger partial charge on any atom is 0.0486 e. The van der Waals surface area contributed by atoms with Crippen molar-refractivity contribution in [2.24, 2.45) is 0 Å². The summed E-state index contributed by atoms with van der Waals surface area (Å²) >= 11 is 6.30. The number of aromatic nitrogens is 2. The zero-order valence-corrected chi connectivity index (χ0v) is 15.8. The summed E-state index contributed by atoms with van der Waals surface area (Å²) in [6.07, 6.45) is 4.08. The summed E-state index contributed by atoms with van der Waals surface area (Å²) in [5.74, 6) is 0. The largest absolute Gasteiger partial charge is 0.343 e. The lowest BCUT2D eigenvalue weighted by atomic mass is 9.98. The molecule has 0 aliphatic carbocycles. The van der Waals surface area contributed by atoms with Gasteiger partial charge in [-0.2, -0.15) is 0 Å². The van der Waals surface area contributed by atoms with E-state index in [1.54, 1.807) is 0 Å². The standard InChI is InChI=1S/C21H24ClN3/c1-14-4-5-16(12-23-14)8-9-25-20-7-6-17(22)11-19(20)18-10-15(2)24(3)13-21(18)25/h4-7,11-12,15H,8-10,13H2,1-3H3. The van der Waals surface area contributed by atoms with Crippen LogP contribution in [0.25, 0.3) is 10.9 Å². The molecule has 2 aromatic heterocycles. The first-order valence-electron chi connectivity index (χ1n) is 8.94.